The van der Waals surface area contributed by atoms with E-state index < -0.39 is 86.0 Å². The molecular weight excluding hydrogens is 394 g/mol. The lowest BCUT2D eigenvalue weighted by molar-refractivity contribution is -0.138. The normalized spacial score (nSPS) is 12.0. The van der Waals surface area contributed by atoms with E-state index in [1.54, 1.807) is 0 Å². The summed E-state index contributed by atoms with van der Waals surface area (Å²) in [7, 11) is 0. The fraction of sp³-hybridized carbons (Fsp3) is 0.500. The van der Waals surface area contributed by atoms with Crippen LogP contribution in [0.1, 0.15) is 12.8 Å². The number of aliphatic carboxylic acids is 1. The first-order valence-corrected chi connectivity index (χ1v) is 8.08. The molecule has 0 radical (unpaired) electrons. The van der Waals surface area contributed by atoms with Gasteiger partial charge in [0.2, 0.25) is 35.4 Å². The molecule has 0 spiro atoms. The van der Waals surface area contributed by atoms with E-state index in [4.69, 9.17) is 22.3 Å². The third-order valence-corrected chi connectivity index (χ3v) is 3.14. The van der Waals surface area contributed by atoms with Crippen molar-refractivity contribution >= 4 is 41.4 Å². The average molecular weight is 417 g/mol. The minimum absolute atomic E-state index is 0.455. The monoisotopic (exact) mass is 417 g/mol. The minimum Gasteiger partial charge on any atom is -0.480 e. The van der Waals surface area contributed by atoms with Crippen molar-refractivity contribution in [3.63, 3.8) is 0 Å². The van der Waals surface area contributed by atoms with E-state index >= 15 is 0 Å². The SMILES string of the molecule is NCC(=O)N[C@@H](CC(N)=O)C(=O)NCC(=O)N[C@@H](CC(N)=O)C(=O)NCC(=O)O. The Morgan fingerprint density at radius 2 is 1.14 bits per heavy atom. The van der Waals surface area contributed by atoms with E-state index in [1.807, 2.05) is 5.32 Å². The number of carbonyl (C=O) groups is 7. The van der Waals surface area contributed by atoms with Gasteiger partial charge in [0.1, 0.15) is 18.6 Å². The average Bonchev–Trinajstić information content (AvgIpc) is 2.61. The Kier molecular flexibility index (Phi) is 11.0. The summed E-state index contributed by atoms with van der Waals surface area (Å²) in [6, 6.07) is -2.86. The van der Waals surface area contributed by atoms with E-state index in [-0.39, 0.29) is 0 Å². The van der Waals surface area contributed by atoms with Gasteiger partial charge in [0.25, 0.3) is 0 Å². The van der Waals surface area contributed by atoms with Gasteiger partial charge >= 0.3 is 5.97 Å². The molecule has 2 atom stereocenters. The molecule has 11 N–H and O–H groups in total. The van der Waals surface area contributed by atoms with Gasteiger partial charge in [-0.2, -0.15) is 0 Å². The summed E-state index contributed by atoms with van der Waals surface area (Å²) >= 11 is 0. The van der Waals surface area contributed by atoms with Crippen LogP contribution >= 0.6 is 0 Å². The van der Waals surface area contributed by atoms with Crippen molar-refractivity contribution in [1.82, 2.24) is 21.3 Å². The van der Waals surface area contributed by atoms with Crippen molar-refractivity contribution in [3.8, 4) is 0 Å². The number of nitrogens with two attached hydrogens (primary N) is 3. The van der Waals surface area contributed by atoms with Crippen LogP contribution in [0.3, 0.4) is 0 Å². The van der Waals surface area contributed by atoms with Gasteiger partial charge in [-0.15, -0.1) is 0 Å². The zero-order valence-corrected chi connectivity index (χ0v) is 15.2. The second-order valence-electron chi connectivity index (χ2n) is 5.61. The van der Waals surface area contributed by atoms with Crippen LogP contribution in [-0.4, -0.2) is 78.2 Å². The topological polar surface area (TPSA) is 266 Å². The van der Waals surface area contributed by atoms with Crippen LogP contribution in [0.25, 0.3) is 0 Å². The van der Waals surface area contributed by atoms with Crippen LogP contribution in [0.2, 0.25) is 0 Å². The fourth-order valence-corrected chi connectivity index (χ4v) is 1.90. The molecule has 0 saturated heterocycles. The molecule has 0 aliphatic heterocycles. The maximum Gasteiger partial charge on any atom is 0.322 e. The molecule has 0 aliphatic carbocycles. The summed E-state index contributed by atoms with van der Waals surface area (Å²) in [6.07, 6.45) is -1.18. The molecule has 29 heavy (non-hydrogen) atoms. The lowest BCUT2D eigenvalue weighted by Crippen LogP contribution is -2.54. The molecule has 0 saturated carbocycles. The third-order valence-electron chi connectivity index (χ3n) is 3.14. The lowest BCUT2D eigenvalue weighted by atomic mass is 10.1. The van der Waals surface area contributed by atoms with Gasteiger partial charge in [-0.05, 0) is 0 Å². The van der Waals surface area contributed by atoms with Crippen molar-refractivity contribution in [3.05, 3.63) is 0 Å². The molecule has 0 aromatic rings. The van der Waals surface area contributed by atoms with Gasteiger partial charge in [-0.1, -0.05) is 0 Å². The summed E-state index contributed by atoms with van der Waals surface area (Å²) in [5.41, 5.74) is 15.1. The number of hydrogen-bond donors (Lipinski definition) is 8. The summed E-state index contributed by atoms with van der Waals surface area (Å²) in [5.74, 6) is -6.78. The smallest absolute Gasteiger partial charge is 0.322 e. The van der Waals surface area contributed by atoms with Gasteiger partial charge in [0.15, 0.2) is 0 Å². The van der Waals surface area contributed by atoms with Gasteiger partial charge < -0.3 is 43.6 Å². The molecular formula is C14H23N7O8. The highest BCUT2D eigenvalue weighted by molar-refractivity contribution is 5.96. The molecule has 0 aliphatic rings. The van der Waals surface area contributed by atoms with E-state index in [0.29, 0.717) is 0 Å². The third kappa shape index (κ3) is 11.5. The maximum atomic E-state index is 12.0. The highest BCUT2D eigenvalue weighted by Crippen LogP contribution is 1.94. The van der Waals surface area contributed by atoms with Crippen LogP contribution in [0.5, 0.6) is 0 Å². The first kappa shape index (κ1) is 25.2. The highest BCUT2D eigenvalue weighted by Gasteiger charge is 2.25. The molecule has 15 nitrogen and oxygen atoms in total. The predicted molar refractivity (Wildman–Crippen MR) is 94.2 cm³/mol. The Morgan fingerprint density at radius 3 is 1.52 bits per heavy atom. The quantitative estimate of drug-likeness (QED) is 0.141. The molecule has 6 amide bonds. The fourth-order valence-electron chi connectivity index (χ4n) is 1.90. The number of amides is 6. The number of carboxylic acid groups (broad SMARTS) is 1. The molecule has 15 heteroatoms. The van der Waals surface area contributed by atoms with Gasteiger partial charge in [0, 0.05) is 0 Å². The Morgan fingerprint density at radius 1 is 0.724 bits per heavy atom. The van der Waals surface area contributed by atoms with Gasteiger partial charge in [-0.3, -0.25) is 33.6 Å². The van der Waals surface area contributed by atoms with Crippen LogP contribution in [0.15, 0.2) is 0 Å². The second kappa shape index (κ2) is 12.6. The molecule has 0 fully saturated rings. The van der Waals surface area contributed by atoms with E-state index in [1.165, 1.54) is 0 Å². The van der Waals surface area contributed by atoms with Crippen LogP contribution in [-0.2, 0) is 33.6 Å². The highest BCUT2D eigenvalue weighted by atomic mass is 16.4. The molecule has 0 unspecified atom stereocenters. The van der Waals surface area contributed by atoms with Crippen molar-refractivity contribution in [2.45, 2.75) is 24.9 Å². The molecule has 0 rings (SSSR count). The number of hydrogen-bond acceptors (Lipinski definition) is 8. The number of rotatable bonds is 13. The molecule has 162 valence electrons. The molecule has 0 aromatic heterocycles. The Labute approximate surface area is 164 Å². The zero-order valence-electron chi connectivity index (χ0n) is 15.2. The van der Waals surface area contributed by atoms with Crippen LogP contribution in [0.4, 0.5) is 0 Å². The lowest BCUT2D eigenvalue weighted by Gasteiger charge is -2.19. The van der Waals surface area contributed by atoms with Crippen molar-refractivity contribution in [2.75, 3.05) is 19.6 Å². The zero-order chi connectivity index (χ0) is 22.6. The van der Waals surface area contributed by atoms with Gasteiger partial charge in [-0.25, -0.2) is 0 Å². The molecule has 0 heterocycles. The summed E-state index contributed by atoms with van der Waals surface area (Å²) in [5, 5.41) is 16.9. The first-order valence-electron chi connectivity index (χ1n) is 8.08. The number of nitrogens with one attached hydrogen (secondary N) is 4. The van der Waals surface area contributed by atoms with Crippen LogP contribution in [0, 0.1) is 0 Å². The maximum absolute atomic E-state index is 12.0. The first-order chi connectivity index (χ1) is 13.5. The number of carboxylic acids is 1. The van der Waals surface area contributed by atoms with Crippen molar-refractivity contribution in [2.24, 2.45) is 17.2 Å². The molecule has 0 bridgehead atoms. The number of primary amides is 2. The van der Waals surface area contributed by atoms with Gasteiger partial charge in [0.05, 0.1) is 25.9 Å². The van der Waals surface area contributed by atoms with E-state index in [0.717, 1.165) is 0 Å². The Balaban J connectivity index is 4.86. The second-order valence-corrected chi connectivity index (χ2v) is 5.61. The predicted octanol–water partition coefficient (Wildman–Crippen LogP) is -6.02. The number of carbonyl (C=O) groups excluding carboxylic acids is 6. The minimum atomic E-state index is -1.48. The largest absolute Gasteiger partial charge is 0.480 e. The molecule has 0 aromatic carbocycles. The summed E-state index contributed by atoms with van der Waals surface area (Å²) < 4.78 is 0. The van der Waals surface area contributed by atoms with Crippen LogP contribution < -0.4 is 38.5 Å². The van der Waals surface area contributed by atoms with E-state index in [2.05, 4.69) is 16.0 Å². The summed E-state index contributed by atoms with van der Waals surface area (Å²) in [4.78, 5) is 79.6. The Hall–Kier alpha value is -3.75. The van der Waals surface area contributed by atoms with Crippen molar-refractivity contribution < 1.29 is 38.7 Å². The van der Waals surface area contributed by atoms with E-state index in [9.17, 15) is 33.6 Å². The van der Waals surface area contributed by atoms with Crippen molar-refractivity contribution in [1.29, 1.82) is 0 Å². The Bertz CT molecular complexity index is 681. The summed E-state index contributed by atoms with van der Waals surface area (Å²) in [6.45, 7) is -1.91. The standard InChI is InChI=1S/C14H23N7O8/c15-3-10(24)20-6(1-8(16)22)13(28)18-4-11(25)21-7(2-9(17)23)14(29)19-5-12(26)27/h6-7H,1-5,15H2,(H2,16,22)(H2,17,23)(H,18,28)(H,19,29)(H,20,24)(H,21,25)(H,26,27)/t6-,7-/m0/s1.